The Morgan fingerprint density at radius 1 is 1.39 bits per heavy atom. The first-order valence-corrected chi connectivity index (χ1v) is 6.56. The summed E-state index contributed by atoms with van der Waals surface area (Å²) in [6.45, 7) is 2.34. The Bertz CT molecular complexity index is 551. The second-order valence-corrected chi connectivity index (χ2v) is 4.85. The predicted molar refractivity (Wildman–Crippen MR) is 73.5 cm³/mol. The van der Waals surface area contributed by atoms with Crippen LogP contribution in [0.5, 0.6) is 0 Å². The summed E-state index contributed by atoms with van der Waals surface area (Å²) in [5, 5.41) is 5.34. The molecule has 5 heteroatoms. The number of nitrogens with zero attached hydrogens (tertiary/aromatic N) is 1. The molecule has 1 aromatic heterocycles. The summed E-state index contributed by atoms with van der Waals surface area (Å²) < 4.78 is 0. The molecular formula is C13H15N3OS. The first-order chi connectivity index (χ1) is 8.69. The van der Waals surface area contributed by atoms with Gasteiger partial charge in [-0.3, -0.25) is 4.79 Å². The van der Waals surface area contributed by atoms with E-state index in [4.69, 9.17) is 5.73 Å². The number of aromatic nitrogens is 1. The zero-order valence-electron chi connectivity index (χ0n) is 10.1. The molecule has 0 radical (unpaired) electrons. The lowest BCUT2D eigenvalue weighted by molar-refractivity contribution is -0.115. The van der Waals surface area contributed by atoms with Crippen molar-refractivity contribution in [3.63, 3.8) is 0 Å². The molecule has 3 N–H and O–H groups in total. The van der Waals surface area contributed by atoms with Crippen molar-refractivity contribution >= 4 is 22.4 Å². The number of nitrogens with one attached hydrogen (secondary N) is 1. The lowest BCUT2D eigenvalue weighted by Crippen LogP contribution is -2.16. The quantitative estimate of drug-likeness (QED) is 0.885. The molecule has 0 bridgehead atoms. The molecule has 0 saturated carbocycles. The predicted octanol–water partition coefficient (Wildman–Crippen LogP) is 2.09. The molecular weight excluding hydrogens is 246 g/mol. The number of amides is 1. The summed E-state index contributed by atoms with van der Waals surface area (Å²) in [5.41, 5.74) is 8.52. The van der Waals surface area contributed by atoms with Crippen molar-refractivity contribution in [2.24, 2.45) is 5.73 Å². The molecule has 0 saturated heterocycles. The lowest BCUT2D eigenvalue weighted by atomic mass is 10.0. The number of benzene rings is 1. The molecule has 1 aromatic carbocycles. The fourth-order valence-corrected chi connectivity index (χ4v) is 2.38. The van der Waals surface area contributed by atoms with Crippen molar-refractivity contribution in [2.75, 3.05) is 5.32 Å². The van der Waals surface area contributed by atoms with Gasteiger partial charge in [-0.25, -0.2) is 4.98 Å². The number of rotatable bonds is 4. The van der Waals surface area contributed by atoms with Gasteiger partial charge < -0.3 is 11.1 Å². The first kappa shape index (κ1) is 12.7. The van der Waals surface area contributed by atoms with Gasteiger partial charge in [0.1, 0.15) is 0 Å². The zero-order valence-corrected chi connectivity index (χ0v) is 11.0. The first-order valence-electron chi connectivity index (χ1n) is 5.68. The van der Waals surface area contributed by atoms with Crippen molar-refractivity contribution in [3.05, 3.63) is 46.5 Å². The topological polar surface area (TPSA) is 68.0 Å². The number of aryl methyl sites for hydroxylation is 1. The summed E-state index contributed by atoms with van der Waals surface area (Å²) in [5.74, 6) is -0.0646. The largest absolute Gasteiger partial charge is 0.326 e. The molecule has 18 heavy (non-hydrogen) atoms. The molecule has 0 atom stereocenters. The third-order valence-corrected chi connectivity index (χ3v) is 3.43. The standard InChI is InChI=1S/C13H15N3OS/c1-9-8-18-13(15-9)16-12(17)6-10-4-2-3-5-11(10)7-14/h2-5,8H,6-7,14H2,1H3,(H,15,16,17). The summed E-state index contributed by atoms with van der Waals surface area (Å²) in [6, 6.07) is 7.70. The molecule has 0 unspecified atom stereocenters. The van der Waals surface area contributed by atoms with Crippen LogP contribution in [0.2, 0.25) is 0 Å². The molecule has 94 valence electrons. The van der Waals surface area contributed by atoms with Crippen LogP contribution in [0.3, 0.4) is 0 Å². The lowest BCUT2D eigenvalue weighted by Gasteiger charge is -2.06. The number of carbonyl (C=O) groups is 1. The average Bonchev–Trinajstić information content (AvgIpc) is 2.75. The third kappa shape index (κ3) is 3.15. The smallest absolute Gasteiger partial charge is 0.230 e. The summed E-state index contributed by atoms with van der Waals surface area (Å²) in [4.78, 5) is 16.1. The van der Waals surface area contributed by atoms with Gasteiger partial charge in [0.15, 0.2) is 5.13 Å². The molecule has 0 aliphatic carbocycles. The van der Waals surface area contributed by atoms with Crippen LogP contribution in [0.1, 0.15) is 16.8 Å². The Morgan fingerprint density at radius 3 is 2.72 bits per heavy atom. The number of hydrogen-bond donors (Lipinski definition) is 2. The Morgan fingerprint density at radius 2 is 2.11 bits per heavy atom. The van der Waals surface area contributed by atoms with Gasteiger partial charge in [0.2, 0.25) is 5.91 Å². The second kappa shape index (κ2) is 5.75. The second-order valence-electron chi connectivity index (χ2n) is 3.99. The van der Waals surface area contributed by atoms with E-state index in [1.54, 1.807) is 0 Å². The van der Waals surface area contributed by atoms with E-state index in [0.29, 0.717) is 18.1 Å². The molecule has 1 heterocycles. The van der Waals surface area contributed by atoms with Crippen molar-refractivity contribution in [2.45, 2.75) is 19.9 Å². The summed E-state index contributed by atoms with van der Waals surface area (Å²) in [7, 11) is 0. The van der Waals surface area contributed by atoms with Crippen molar-refractivity contribution in [3.8, 4) is 0 Å². The number of carbonyl (C=O) groups excluding carboxylic acids is 1. The van der Waals surface area contributed by atoms with Gasteiger partial charge in [-0.05, 0) is 18.1 Å². The number of nitrogens with two attached hydrogens (primary N) is 1. The molecule has 1 amide bonds. The SMILES string of the molecule is Cc1csc(NC(=O)Cc2ccccc2CN)n1. The molecule has 4 nitrogen and oxygen atoms in total. The van der Waals surface area contributed by atoms with Crippen molar-refractivity contribution in [1.82, 2.24) is 4.98 Å². The highest BCUT2D eigenvalue weighted by Gasteiger charge is 2.08. The van der Waals surface area contributed by atoms with Gasteiger partial charge in [0.05, 0.1) is 12.1 Å². The van der Waals surface area contributed by atoms with Crippen LogP contribution in [0, 0.1) is 6.92 Å². The van der Waals surface area contributed by atoms with E-state index in [9.17, 15) is 4.79 Å². The molecule has 0 aliphatic heterocycles. The van der Waals surface area contributed by atoms with Crippen LogP contribution in [0.4, 0.5) is 5.13 Å². The Kier molecular flexibility index (Phi) is 4.07. The van der Waals surface area contributed by atoms with E-state index in [0.717, 1.165) is 16.8 Å². The Labute approximate surface area is 110 Å². The van der Waals surface area contributed by atoms with E-state index in [2.05, 4.69) is 10.3 Å². The third-order valence-electron chi connectivity index (χ3n) is 2.55. The Hall–Kier alpha value is -1.72. The van der Waals surface area contributed by atoms with E-state index in [1.165, 1.54) is 11.3 Å². The zero-order chi connectivity index (χ0) is 13.0. The van der Waals surface area contributed by atoms with Crippen LogP contribution >= 0.6 is 11.3 Å². The maximum Gasteiger partial charge on any atom is 0.230 e. The van der Waals surface area contributed by atoms with Gasteiger partial charge >= 0.3 is 0 Å². The minimum absolute atomic E-state index is 0.0646. The summed E-state index contributed by atoms with van der Waals surface area (Å²) >= 11 is 1.43. The van der Waals surface area contributed by atoms with Crippen LogP contribution in [0.15, 0.2) is 29.6 Å². The number of thiazole rings is 1. The van der Waals surface area contributed by atoms with E-state index < -0.39 is 0 Å². The maximum absolute atomic E-state index is 11.9. The van der Waals surface area contributed by atoms with Crippen LogP contribution in [-0.2, 0) is 17.8 Å². The molecule has 2 rings (SSSR count). The highest BCUT2D eigenvalue weighted by Crippen LogP contribution is 2.15. The highest BCUT2D eigenvalue weighted by atomic mass is 32.1. The summed E-state index contributed by atoms with van der Waals surface area (Å²) in [6.07, 6.45) is 0.325. The van der Waals surface area contributed by atoms with Crippen LogP contribution in [0.25, 0.3) is 0 Å². The fraction of sp³-hybridized carbons (Fsp3) is 0.231. The molecule has 0 fully saturated rings. The van der Waals surface area contributed by atoms with Crippen LogP contribution in [-0.4, -0.2) is 10.9 Å². The van der Waals surface area contributed by atoms with Gasteiger partial charge in [0, 0.05) is 11.9 Å². The van der Waals surface area contributed by atoms with Gasteiger partial charge in [-0.2, -0.15) is 0 Å². The van der Waals surface area contributed by atoms with Crippen LogP contribution < -0.4 is 11.1 Å². The normalized spacial score (nSPS) is 10.3. The molecule has 2 aromatic rings. The van der Waals surface area contributed by atoms with Crippen molar-refractivity contribution in [1.29, 1.82) is 0 Å². The van der Waals surface area contributed by atoms with E-state index in [-0.39, 0.29) is 5.91 Å². The monoisotopic (exact) mass is 261 g/mol. The highest BCUT2D eigenvalue weighted by molar-refractivity contribution is 7.13. The van der Waals surface area contributed by atoms with Crippen molar-refractivity contribution < 1.29 is 4.79 Å². The Balaban J connectivity index is 2.03. The number of anilines is 1. The minimum atomic E-state index is -0.0646. The maximum atomic E-state index is 11.9. The molecule has 0 spiro atoms. The van der Waals surface area contributed by atoms with Gasteiger partial charge in [-0.15, -0.1) is 11.3 Å². The number of hydrogen-bond acceptors (Lipinski definition) is 4. The van der Waals surface area contributed by atoms with E-state index >= 15 is 0 Å². The van der Waals surface area contributed by atoms with Gasteiger partial charge in [0.25, 0.3) is 0 Å². The van der Waals surface area contributed by atoms with Gasteiger partial charge in [-0.1, -0.05) is 24.3 Å². The fourth-order valence-electron chi connectivity index (χ4n) is 1.68. The average molecular weight is 261 g/mol. The molecule has 0 aliphatic rings. The minimum Gasteiger partial charge on any atom is -0.326 e. The van der Waals surface area contributed by atoms with E-state index in [1.807, 2.05) is 36.6 Å².